The number of hydrogen-bond acceptors (Lipinski definition) is 4. The lowest BCUT2D eigenvalue weighted by Crippen LogP contribution is -2.38. The summed E-state index contributed by atoms with van der Waals surface area (Å²) in [6, 6.07) is 20.5. The zero-order chi connectivity index (χ0) is 21.7. The van der Waals surface area contributed by atoms with Gasteiger partial charge in [0, 0.05) is 23.5 Å². The Morgan fingerprint density at radius 3 is 2.62 bits per heavy atom. The van der Waals surface area contributed by atoms with E-state index in [1.54, 1.807) is 6.20 Å². The number of aromatic nitrogens is 1. The number of hydrogen-bond donors (Lipinski definition) is 1. The lowest BCUT2D eigenvalue weighted by molar-refractivity contribution is -0.600. The summed E-state index contributed by atoms with van der Waals surface area (Å²) >= 11 is 7.14. The van der Waals surface area contributed by atoms with Crippen LogP contribution in [0.25, 0.3) is 22.2 Å². The van der Waals surface area contributed by atoms with E-state index in [4.69, 9.17) is 21.8 Å². The molecule has 1 aromatic heterocycles. The van der Waals surface area contributed by atoms with Gasteiger partial charge in [0.05, 0.1) is 29.2 Å². The van der Waals surface area contributed by atoms with E-state index in [2.05, 4.69) is 47.5 Å². The van der Waals surface area contributed by atoms with E-state index < -0.39 is 0 Å². The number of pyridine rings is 1. The number of amidine groups is 1. The average Bonchev–Trinajstić information content (AvgIpc) is 3.11. The van der Waals surface area contributed by atoms with Crippen molar-refractivity contribution >= 4 is 34.7 Å². The molecule has 6 rings (SSSR count). The van der Waals surface area contributed by atoms with Crippen molar-refractivity contribution in [1.82, 2.24) is 4.98 Å². The molecular formula is C26H22ClN4O+. The fourth-order valence-electron chi connectivity index (χ4n) is 4.76. The van der Waals surface area contributed by atoms with E-state index in [9.17, 15) is 5.11 Å². The molecular weight excluding hydrogens is 420 g/mol. The first kappa shape index (κ1) is 19.6. The molecule has 5 nitrogen and oxygen atoms in total. The molecule has 6 heteroatoms. The van der Waals surface area contributed by atoms with Crippen molar-refractivity contribution in [2.75, 3.05) is 6.61 Å². The van der Waals surface area contributed by atoms with Gasteiger partial charge in [-0.2, -0.15) is 4.99 Å². The number of allylic oxidation sites excluding steroid dienone is 2. The van der Waals surface area contributed by atoms with E-state index in [1.165, 1.54) is 0 Å². The summed E-state index contributed by atoms with van der Waals surface area (Å²) < 4.78 is -0.0109. The number of aliphatic hydroxyl groups is 1. The molecule has 0 bridgehead atoms. The highest BCUT2D eigenvalue weighted by Gasteiger charge is 2.49. The highest BCUT2D eigenvalue weighted by molar-refractivity contribution is 6.20. The molecule has 2 aliphatic heterocycles. The number of quaternary nitrogens is 1. The van der Waals surface area contributed by atoms with Crippen molar-refractivity contribution in [3.8, 4) is 11.3 Å². The molecule has 0 spiro atoms. The molecule has 1 N–H and O–H groups in total. The maximum absolute atomic E-state index is 9.44. The second-order valence-corrected chi connectivity index (χ2v) is 9.14. The maximum Gasteiger partial charge on any atom is 0.263 e. The third-order valence-corrected chi connectivity index (χ3v) is 7.06. The summed E-state index contributed by atoms with van der Waals surface area (Å²) in [6.45, 7) is 0.227. The van der Waals surface area contributed by atoms with Gasteiger partial charge < -0.3 is 5.11 Å². The number of aliphatic imine (C=N–C) groups is 2. The monoisotopic (exact) mass is 441 g/mol. The number of benzene rings is 2. The van der Waals surface area contributed by atoms with Gasteiger partial charge in [0.15, 0.2) is 11.8 Å². The van der Waals surface area contributed by atoms with Crippen molar-refractivity contribution in [1.29, 1.82) is 0 Å². The van der Waals surface area contributed by atoms with E-state index in [-0.39, 0.29) is 10.6 Å². The molecule has 1 atom stereocenters. The summed E-state index contributed by atoms with van der Waals surface area (Å²) in [5, 5.41) is 10.5. The quantitative estimate of drug-likeness (QED) is 0.549. The summed E-state index contributed by atoms with van der Waals surface area (Å²) in [4.78, 5) is 14.3. The molecule has 1 fully saturated rings. The largest absolute Gasteiger partial charge is 0.396 e. The van der Waals surface area contributed by atoms with Crippen LogP contribution in [0.1, 0.15) is 18.4 Å². The molecule has 0 radical (unpaired) electrons. The minimum absolute atomic E-state index is 0.0109. The van der Waals surface area contributed by atoms with Gasteiger partial charge in [0.25, 0.3) is 5.84 Å². The van der Waals surface area contributed by atoms with E-state index in [1.807, 2.05) is 30.6 Å². The highest BCUT2D eigenvalue weighted by atomic mass is 35.5. The van der Waals surface area contributed by atoms with Crippen molar-refractivity contribution in [3.05, 3.63) is 90.0 Å². The number of nitrogens with zero attached hydrogens (tertiary/aromatic N) is 4. The lowest BCUT2D eigenvalue weighted by Gasteiger charge is -2.33. The normalized spacial score (nSPS) is 26.2. The Kier molecular flexibility index (Phi) is 4.57. The summed E-state index contributed by atoms with van der Waals surface area (Å²) in [7, 11) is 0. The second-order valence-electron chi connectivity index (χ2n) is 8.61. The van der Waals surface area contributed by atoms with Crippen LogP contribution in [-0.2, 0) is 0 Å². The Bertz CT molecular complexity index is 1340. The van der Waals surface area contributed by atoms with Gasteiger partial charge in [-0.25, -0.2) is 4.98 Å². The Morgan fingerprint density at radius 1 is 1.00 bits per heavy atom. The summed E-state index contributed by atoms with van der Waals surface area (Å²) in [5.41, 5.74) is 5.76. The Hall–Kier alpha value is -3.12. The molecule has 3 aromatic rings. The minimum atomic E-state index is -0.0109. The van der Waals surface area contributed by atoms with Crippen LogP contribution in [0.5, 0.6) is 0 Å². The van der Waals surface area contributed by atoms with E-state index in [0.717, 1.165) is 57.8 Å². The third-order valence-electron chi connectivity index (χ3n) is 6.60. The Balaban J connectivity index is 1.42. The van der Waals surface area contributed by atoms with Crippen LogP contribution in [0.4, 0.5) is 0 Å². The second kappa shape index (κ2) is 7.48. The van der Waals surface area contributed by atoms with Crippen LogP contribution < -0.4 is 0 Å². The Morgan fingerprint density at radius 2 is 1.81 bits per heavy atom. The molecule has 2 aromatic carbocycles. The molecule has 158 valence electrons. The van der Waals surface area contributed by atoms with Crippen molar-refractivity contribution in [3.63, 3.8) is 0 Å². The highest BCUT2D eigenvalue weighted by Crippen LogP contribution is 2.47. The van der Waals surface area contributed by atoms with E-state index in [0.29, 0.717) is 11.8 Å². The molecule has 3 aliphatic rings. The molecule has 0 amide bonds. The van der Waals surface area contributed by atoms with Gasteiger partial charge in [0.2, 0.25) is 5.70 Å². The number of halogens is 1. The van der Waals surface area contributed by atoms with E-state index >= 15 is 0 Å². The first-order chi connectivity index (χ1) is 15.7. The van der Waals surface area contributed by atoms with Gasteiger partial charge in [-0.3, -0.25) is 4.99 Å². The average molecular weight is 442 g/mol. The zero-order valence-corrected chi connectivity index (χ0v) is 18.2. The fraction of sp³-hybridized carbons (Fsp3) is 0.192. The number of fused-ring (bicyclic) bond motifs is 2. The standard InChI is InChI=1S/C26H22ClN4O/c27-31-11-10-28-15-24(31)25(21-12-17(13-21)16-32)30-26(31)20-7-6-19-8-9-22(29-23(19)14-20)18-4-2-1-3-5-18/h1-11,14-15,17,21,32H,12-13,16H2/q+1. The predicted molar refractivity (Wildman–Crippen MR) is 128 cm³/mol. The van der Waals surface area contributed by atoms with Crippen molar-refractivity contribution in [2.24, 2.45) is 21.8 Å². The summed E-state index contributed by atoms with van der Waals surface area (Å²) in [6.07, 6.45) is 7.26. The van der Waals surface area contributed by atoms with Crippen LogP contribution in [-0.4, -0.2) is 32.7 Å². The van der Waals surface area contributed by atoms with Gasteiger partial charge in [-0.1, -0.05) is 42.5 Å². The number of aliphatic hydroxyl groups excluding tert-OH is 1. The molecule has 1 aliphatic carbocycles. The summed E-state index contributed by atoms with van der Waals surface area (Å²) in [5.74, 6) is 1.42. The zero-order valence-electron chi connectivity index (χ0n) is 17.4. The molecule has 3 heterocycles. The lowest BCUT2D eigenvalue weighted by atomic mass is 9.73. The van der Waals surface area contributed by atoms with Crippen LogP contribution in [0.2, 0.25) is 0 Å². The maximum atomic E-state index is 9.44. The first-order valence-electron chi connectivity index (χ1n) is 10.9. The topological polar surface area (TPSA) is 57.8 Å². The Labute approximate surface area is 191 Å². The SMILES string of the molecule is OCC1CC(C2=C3C=NC=C[N+]3(Cl)C(c3ccc4ccc(-c5ccccc5)nc4c3)=N2)C1. The van der Waals surface area contributed by atoms with Gasteiger partial charge >= 0.3 is 0 Å². The number of rotatable bonds is 4. The van der Waals surface area contributed by atoms with Gasteiger partial charge in [0.1, 0.15) is 11.9 Å². The van der Waals surface area contributed by atoms with Crippen molar-refractivity contribution < 1.29 is 9.11 Å². The third kappa shape index (κ3) is 3.05. The fourth-order valence-corrected chi connectivity index (χ4v) is 5.07. The smallest absolute Gasteiger partial charge is 0.263 e. The van der Waals surface area contributed by atoms with Gasteiger partial charge in [-0.15, -0.1) is 4.00 Å². The van der Waals surface area contributed by atoms with Crippen LogP contribution in [0.15, 0.2) is 94.4 Å². The minimum Gasteiger partial charge on any atom is -0.396 e. The molecule has 1 saturated carbocycles. The van der Waals surface area contributed by atoms with Crippen molar-refractivity contribution in [2.45, 2.75) is 12.8 Å². The van der Waals surface area contributed by atoms with Crippen LogP contribution >= 0.6 is 11.8 Å². The van der Waals surface area contributed by atoms with Crippen LogP contribution in [0, 0.1) is 11.8 Å². The molecule has 32 heavy (non-hydrogen) atoms. The van der Waals surface area contributed by atoms with Gasteiger partial charge in [-0.05, 0) is 37.0 Å². The first-order valence-corrected chi connectivity index (χ1v) is 11.2. The predicted octanol–water partition coefficient (Wildman–Crippen LogP) is 5.42. The molecule has 1 unspecified atom stereocenters. The van der Waals surface area contributed by atoms with Crippen LogP contribution in [0.3, 0.4) is 0 Å². The molecule has 0 saturated heterocycles.